The summed E-state index contributed by atoms with van der Waals surface area (Å²) in [6, 6.07) is 22.0. The molecule has 1 aliphatic heterocycles. The number of hydrogen-bond donors (Lipinski definition) is 1. The van der Waals surface area contributed by atoms with Crippen LogP contribution in [0.3, 0.4) is 0 Å². The van der Waals surface area contributed by atoms with Gasteiger partial charge in [-0.3, -0.25) is 4.90 Å². The van der Waals surface area contributed by atoms with E-state index in [-0.39, 0.29) is 0 Å². The van der Waals surface area contributed by atoms with E-state index in [2.05, 4.69) is 65.6 Å². The molecule has 1 aliphatic rings. The van der Waals surface area contributed by atoms with Crippen LogP contribution in [0.2, 0.25) is 0 Å². The fourth-order valence-electron chi connectivity index (χ4n) is 3.47. The molecule has 0 aromatic heterocycles. The van der Waals surface area contributed by atoms with Crippen LogP contribution in [-0.4, -0.2) is 29.2 Å². The molecule has 1 saturated heterocycles. The van der Waals surface area contributed by atoms with Crippen LogP contribution >= 0.6 is 0 Å². The Bertz CT molecular complexity index is 554. The second kappa shape index (κ2) is 7.57. The molecule has 2 heteroatoms. The zero-order valence-electron chi connectivity index (χ0n) is 13.1. The van der Waals surface area contributed by atoms with E-state index in [1.807, 2.05) is 0 Å². The molecule has 2 unspecified atom stereocenters. The van der Waals surface area contributed by atoms with Gasteiger partial charge < -0.3 is 5.11 Å². The lowest BCUT2D eigenvalue weighted by atomic mass is 9.87. The van der Waals surface area contributed by atoms with Crippen LogP contribution in [0.5, 0.6) is 0 Å². The number of hydrogen-bond acceptors (Lipinski definition) is 2. The molecule has 0 spiro atoms. The summed E-state index contributed by atoms with van der Waals surface area (Å²) in [7, 11) is 0. The topological polar surface area (TPSA) is 23.5 Å². The van der Waals surface area contributed by atoms with Gasteiger partial charge in [0.25, 0.3) is 0 Å². The second-order valence-corrected chi connectivity index (χ2v) is 6.37. The Morgan fingerprint density at radius 3 is 2.18 bits per heavy atom. The van der Waals surface area contributed by atoms with Crippen LogP contribution < -0.4 is 0 Å². The zero-order valence-corrected chi connectivity index (χ0v) is 13.1. The van der Waals surface area contributed by atoms with Crippen molar-refractivity contribution in [2.75, 3.05) is 13.2 Å². The summed E-state index contributed by atoms with van der Waals surface area (Å²) in [6.07, 6.45) is 3.27. The van der Waals surface area contributed by atoms with Gasteiger partial charge in [-0.2, -0.15) is 0 Å². The van der Waals surface area contributed by atoms with Gasteiger partial charge in [0.2, 0.25) is 0 Å². The maximum atomic E-state index is 9.53. The van der Waals surface area contributed by atoms with Crippen LogP contribution in [-0.2, 0) is 13.0 Å². The van der Waals surface area contributed by atoms with Gasteiger partial charge in [0, 0.05) is 19.2 Å². The number of aliphatic hydroxyl groups excluding tert-OH is 1. The lowest BCUT2D eigenvalue weighted by molar-refractivity contribution is 0.0750. The fourth-order valence-corrected chi connectivity index (χ4v) is 3.47. The van der Waals surface area contributed by atoms with E-state index in [9.17, 15) is 5.11 Å². The monoisotopic (exact) mass is 295 g/mol. The van der Waals surface area contributed by atoms with Crippen molar-refractivity contribution in [2.24, 2.45) is 5.92 Å². The molecule has 2 aromatic rings. The lowest BCUT2D eigenvalue weighted by Crippen LogP contribution is -2.44. The van der Waals surface area contributed by atoms with Gasteiger partial charge in [-0.15, -0.1) is 0 Å². The first kappa shape index (κ1) is 15.3. The van der Waals surface area contributed by atoms with Crippen molar-refractivity contribution in [1.82, 2.24) is 4.90 Å². The summed E-state index contributed by atoms with van der Waals surface area (Å²) in [6.45, 7) is 2.42. The third-order valence-electron chi connectivity index (χ3n) is 4.75. The van der Waals surface area contributed by atoms with E-state index < -0.39 is 0 Å². The molecule has 0 bridgehead atoms. The van der Waals surface area contributed by atoms with Gasteiger partial charge in [0.15, 0.2) is 0 Å². The Hall–Kier alpha value is -1.64. The molecule has 1 heterocycles. The first-order chi connectivity index (χ1) is 10.8. The highest BCUT2D eigenvalue weighted by Crippen LogP contribution is 2.26. The van der Waals surface area contributed by atoms with Crippen molar-refractivity contribution in [3.8, 4) is 0 Å². The number of nitrogens with zero attached hydrogens (tertiary/aromatic N) is 1. The Labute approximate surface area is 133 Å². The quantitative estimate of drug-likeness (QED) is 0.912. The Kier molecular flexibility index (Phi) is 5.25. The van der Waals surface area contributed by atoms with Gasteiger partial charge >= 0.3 is 0 Å². The third-order valence-corrected chi connectivity index (χ3v) is 4.75. The van der Waals surface area contributed by atoms with Crippen molar-refractivity contribution >= 4 is 0 Å². The van der Waals surface area contributed by atoms with E-state index in [4.69, 9.17) is 0 Å². The van der Waals surface area contributed by atoms with E-state index >= 15 is 0 Å². The molecule has 2 atom stereocenters. The van der Waals surface area contributed by atoms with Crippen LogP contribution in [0.4, 0.5) is 0 Å². The van der Waals surface area contributed by atoms with E-state index in [0.717, 1.165) is 32.4 Å². The number of rotatable bonds is 5. The Morgan fingerprint density at radius 2 is 1.55 bits per heavy atom. The van der Waals surface area contributed by atoms with E-state index in [0.29, 0.717) is 18.6 Å². The van der Waals surface area contributed by atoms with Crippen molar-refractivity contribution < 1.29 is 5.11 Å². The Balaban J connectivity index is 1.71. The van der Waals surface area contributed by atoms with Gasteiger partial charge in [-0.05, 0) is 42.9 Å². The van der Waals surface area contributed by atoms with Gasteiger partial charge in [0.05, 0.1) is 0 Å². The minimum absolute atomic E-state index is 0.324. The molecule has 3 rings (SSSR count). The van der Waals surface area contributed by atoms with Crippen molar-refractivity contribution in [2.45, 2.75) is 31.8 Å². The van der Waals surface area contributed by atoms with Crippen molar-refractivity contribution in [3.05, 3.63) is 71.8 Å². The zero-order chi connectivity index (χ0) is 15.2. The molecule has 0 saturated carbocycles. The van der Waals surface area contributed by atoms with Gasteiger partial charge in [0.1, 0.15) is 0 Å². The largest absolute Gasteiger partial charge is 0.396 e. The highest BCUT2D eigenvalue weighted by molar-refractivity contribution is 5.18. The van der Waals surface area contributed by atoms with Crippen molar-refractivity contribution in [3.63, 3.8) is 0 Å². The number of aliphatic hydroxyl groups is 1. The van der Waals surface area contributed by atoms with Crippen LogP contribution in [0.25, 0.3) is 0 Å². The molecule has 22 heavy (non-hydrogen) atoms. The first-order valence-electron chi connectivity index (χ1n) is 8.28. The predicted molar refractivity (Wildman–Crippen MR) is 90.6 cm³/mol. The smallest absolute Gasteiger partial charge is 0.0460 e. The molecule has 1 N–H and O–H groups in total. The molecule has 0 amide bonds. The molecule has 2 nitrogen and oxygen atoms in total. The maximum absolute atomic E-state index is 9.53. The predicted octanol–water partition coefficient (Wildman–Crippen LogP) is 3.50. The summed E-state index contributed by atoms with van der Waals surface area (Å²) in [5, 5.41) is 9.53. The Morgan fingerprint density at radius 1 is 0.909 bits per heavy atom. The van der Waals surface area contributed by atoms with Gasteiger partial charge in [-0.1, -0.05) is 60.7 Å². The molecule has 0 aliphatic carbocycles. The summed E-state index contributed by atoms with van der Waals surface area (Å²) in [4.78, 5) is 2.59. The minimum atomic E-state index is 0.324. The molecule has 0 radical (unpaired) electrons. The standard InChI is InChI=1S/C20H25NO/c22-16-19-11-12-21(15-18-9-5-2-6-10-18)20(14-19)13-17-7-3-1-4-8-17/h1-10,19-20,22H,11-16H2. The summed E-state index contributed by atoms with van der Waals surface area (Å²) in [5.41, 5.74) is 2.77. The molecular formula is C20H25NO. The molecule has 2 aromatic carbocycles. The van der Waals surface area contributed by atoms with Gasteiger partial charge in [-0.25, -0.2) is 0 Å². The van der Waals surface area contributed by atoms with Crippen molar-refractivity contribution in [1.29, 1.82) is 0 Å². The van der Waals surface area contributed by atoms with E-state index in [1.54, 1.807) is 0 Å². The summed E-state index contributed by atoms with van der Waals surface area (Å²) in [5.74, 6) is 0.459. The van der Waals surface area contributed by atoms with Crippen LogP contribution in [0.1, 0.15) is 24.0 Å². The number of benzene rings is 2. The molecule has 116 valence electrons. The fraction of sp³-hybridized carbons (Fsp3) is 0.400. The lowest BCUT2D eigenvalue weighted by Gasteiger charge is -2.39. The molecular weight excluding hydrogens is 270 g/mol. The average Bonchev–Trinajstić information content (AvgIpc) is 2.58. The SMILES string of the molecule is OCC1CCN(Cc2ccccc2)C(Cc2ccccc2)C1. The summed E-state index contributed by atoms with van der Waals surface area (Å²) >= 11 is 0. The first-order valence-corrected chi connectivity index (χ1v) is 8.28. The highest BCUT2D eigenvalue weighted by Gasteiger charge is 2.28. The van der Waals surface area contributed by atoms with Crippen LogP contribution in [0, 0.1) is 5.92 Å². The number of piperidine rings is 1. The molecule has 1 fully saturated rings. The maximum Gasteiger partial charge on any atom is 0.0460 e. The average molecular weight is 295 g/mol. The highest BCUT2D eigenvalue weighted by atomic mass is 16.3. The summed E-state index contributed by atoms with van der Waals surface area (Å²) < 4.78 is 0. The second-order valence-electron chi connectivity index (χ2n) is 6.37. The van der Waals surface area contributed by atoms with E-state index in [1.165, 1.54) is 11.1 Å². The normalized spacial score (nSPS) is 22.6. The minimum Gasteiger partial charge on any atom is -0.396 e. The number of likely N-dealkylation sites (tertiary alicyclic amines) is 1. The third kappa shape index (κ3) is 3.96. The van der Waals surface area contributed by atoms with Crippen LogP contribution in [0.15, 0.2) is 60.7 Å².